The lowest BCUT2D eigenvalue weighted by Gasteiger charge is -2.31. The zero-order valence-corrected chi connectivity index (χ0v) is 19.2. The number of carbonyl (C=O) groups is 2. The Morgan fingerprint density at radius 1 is 1.03 bits per heavy atom. The number of benzene rings is 2. The fourth-order valence-corrected chi connectivity index (χ4v) is 4.74. The van der Waals surface area contributed by atoms with Crippen molar-refractivity contribution in [3.05, 3.63) is 76.8 Å². The fraction of sp³-hybridized carbons (Fsp3) is 0.320. The Morgan fingerprint density at radius 3 is 2.35 bits per heavy atom. The lowest BCUT2D eigenvalue weighted by molar-refractivity contribution is -0.137. The van der Waals surface area contributed by atoms with Crippen molar-refractivity contribution in [3.63, 3.8) is 0 Å². The van der Waals surface area contributed by atoms with Crippen LogP contribution in [0.25, 0.3) is 10.6 Å². The summed E-state index contributed by atoms with van der Waals surface area (Å²) in [7, 11) is 0. The molecule has 0 unspecified atom stereocenters. The van der Waals surface area contributed by atoms with E-state index in [1.54, 1.807) is 10.3 Å². The number of hydrogen-bond donors (Lipinski definition) is 1. The molecule has 1 aliphatic heterocycles. The Labute approximate surface area is 199 Å². The van der Waals surface area contributed by atoms with Crippen LogP contribution in [0.5, 0.6) is 0 Å². The van der Waals surface area contributed by atoms with Crippen molar-refractivity contribution >= 4 is 23.2 Å². The van der Waals surface area contributed by atoms with Crippen LogP contribution in [0.1, 0.15) is 29.7 Å². The summed E-state index contributed by atoms with van der Waals surface area (Å²) < 4.78 is 38.2. The molecule has 0 spiro atoms. The highest BCUT2D eigenvalue weighted by molar-refractivity contribution is 7.13. The van der Waals surface area contributed by atoms with Gasteiger partial charge in [-0.3, -0.25) is 9.59 Å². The van der Waals surface area contributed by atoms with Crippen LogP contribution < -0.4 is 5.32 Å². The van der Waals surface area contributed by atoms with Crippen LogP contribution in [0.2, 0.25) is 0 Å². The lowest BCUT2D eigenvalue weighted by Crippen LogP contribution is -2.43. The maximum absolute atomic E-state index is 12.7. The summed E-state index contributed by atoms with van der Waals surface area (Å²) in [6.07, 6.45) is -3.03. The number of carbonyl (C=O) groups excluding carboxylic acids is 2. The lowest BCUT2D eigenvalue weighted by atomic mass is 9.95. The number of thiazole rings is 1. The van der Waals surface area contributed by atoms with Gasteiger partial charge in [-0.2, -0.15) is 13.2 Å². The van der Waals surface area contributed by atoms with E-state index < -0.39 is 11.7 Å². The highest BCUT2D eigenvalue weighted by Gasteiger charge is 2.30. The summed E-state index contributed by atoms with van der Waals surface area (Å²) in [5.41, 5.74) is 1.51. The average molecular weight is 488 g/mol. The van der Waals surface area contributed by atoms with Gasteiger partial charge in [0.1, 0.15) is 5.01 Å². The Bertz CT molecular complexity index is 1120. The van der Waals surface area contributed by atoms with Crippen LogP contribution in [-0.4, -0.2) is 34.8 Å². The number of aromatic nitrogens is 1. The number of amides is 2. The molecule has 0 bridgehead atoms. The maximum Gasteiger partial charge on any atom is 0.416 e. The molecule has 1 saturated heterocycles. The minimum absolute atomic E-state index is 0.0108. The highest BCUT2D eigenvalue weighted by Crippen LogP contribution is 2.32. The summed E-state index contributed by atoms with van der Waals surface area (Å²) in [4.78, 5) is 31.4. The monoisotopic (exact) mass is 487 g/mol. The molecule has 0 aliphatic carbocycles. The molecular formula is C25H24F3N3O2S. The van der Waals surface area contributed by atoms with Gasteiger partial charge in [0.2, 0.25) is 11.8 Å². The number of likely N-dealkylation sites (tertiary alicyclic amines) is 1. The topological polar surface area (TPSA) is 62.3 Å². The van der Waals surface area contributed by atoms with Gasteiger partial charge < -0.3 is 10.2 Å². The minimum atomic E-state index is -4.38. The first-order valence-corrected chi connectivity index (χ1v) is 11.9. The van der Waals surface area contributed by atoms with Crippen molar-refractivity contribution in [2.75, 3.05) is 13.1 Å². The summed E-state index contributed by atoms with van der Waals surface area (Å²) in [5, 5.41) is 5.30. The quantitative estimate of drug-likeness (QED) is 0.537. The minimum Gasteiger partial charge on any atom is -0.352 e. The van der Waals surface area contributed by atoms with Gasteiger partial charge in [0.15, 0.2) is 0 Å². The van der Waals surface area contributed by atoms with Gasteiger partial charge >= 0.3 is 6.18 Å². The summed E-state index contributed by atoms with van der Waals surface area (Å²) in [5.74, 6) is -0.164. The number of nitrogens with one attached hydrogen (secondary N) is 1. The third kappa shape index (κ3) is 6.02. The zero-order valence-electron chi connectivity index (χ0n) is 18.3. The molecule has 1 N–H and O–H groups in total. The number of alkyl halides is 3. The zero-order chi connectivity index (χ0) is 24.1. The summed E-state index contributed by atoms with van der Waals surface area (Å²) >= 11 is 1.30. The molecule has 0 radical (unpaired) electrons. The van der Waals surface area contributed by atoms with Crippen LogP contribution in [0.4, 0.5) is 13.2 Å². The number of hydrogen-bond acceptors (Lipinski definition) is 4. The van der Waals surface area contributed by atoms with Crippen LogP contribution in [0.15, 0.2) is 60.0 Å². The van der Waals surface area contributed by atoms with Gasteiger partial charge in [-0.15, -0.1) is 11.3 Å². The van der Waals surface area contributed by atoms with Gasteiger partial charge in [-0.1, -0.05) is 42.5 Å². The fourth-order valence-electron chi connectivity index (χ4n) is 3.91. The molecule has 2 heterocycles. The van der Waals surface area contributed by atoms with Crippen molar-refractivity contribution in [2.24, 2.45) is 5.92 Å². The van der Waals surface area contributed by atoms with E-state index in [1.807, 2.05) is 30.3 Å². The molecule has 1 aromatic heterocycles. The normalized spacial score (nSPS) is 14.7. The van der Waals surface area contributed by atoms with Crippen LogP contribution >= 0.6 is 11.3 Å². The summed E-state index contributed by atoms with van der Waals surface area (Å²) in [6.45, 7) is 1.51. The number of rotatable bonds is 6. The highest BCUT2D eigenvalue weighted by atomic mass is 32.1. The van der Waals surface area contributed by atoms with E-state index >= 15 is 0 Å². The molecule has 0 atom stereocenters. The Hall–Kier alpha value is -3.20. The van der Waals surface area contributed by atoms with Gasteiger partial charge in [-0.25, -0.2) is 4.98 Å². The van der Waals surface area contributed by atoms with Crippen LogP contribution in [0.3, 0.4) is 0 Å². The van der Waals surface area contributed by atoms with Crippen LogP contribution in [-0.2, 0) is 28.7 Å². The molecule has 178 valence electrons. The molecule has 1 fully saturated rings. The van der Waals surface area contributed by atoms with Gasteiger partial charge in [-0.05, 0) is 30.5 Å². The van der Waals surface area contributed by atoms with Crippen molar-refractivity contribution in [2.45, 2.75) is 32.0 Å². The first-order valence-electron chi connectivity index (χ1n) is 11.0. The van der Waals surface area contributed by atoms with Gasteiger partial charge in [0.05, 0.1) is 17.7 Å². The SMILES string of the molecule is O=C(NCc1ccccc1)C1CCN(C(=O)Cc2csc(-c3ccc(C(F)(F)F)cc3)n2)CC1. The maximum atomic E-state index is 12.7. The molecule has 9 heteroatoms. The Morgan fingerprint density at radius 2 is 1.71 bits per heavy atom. The molecule has 5 nitrogen and oxygen atoms in total. The van der Waals surface area contributed by atoms with Crippen molar-refractivity contribution in [1.29, 1.82) is 0 Å². The number of piperidine rings is 1. The van der Waals surface area contributed by atoms with E-state index in [4.69, 9.17) is 0 Å². The predicted octanol–water partition coefficient (Wildman–Crippen LogP) is 4.93. The molecular weight excluding hydrogens is 463 g/mol. The van der Waals surface area contributed by atoms with E-state index in [0.29, 0.717) is 48.7 Å². The standard InChI is InChI=1S/C25H24F3N3O2S/c26-25(27,28)20-8-6-19(7-9-20)24-30-21(16-34-24)14-22(32)31-12-10-18(11-13-31)23(33)29-15-17-4-2-1-3-5-17/h1-9,16,18H,10-15H2,(H,29,33). The molecule has 2 amide bonds. The van der Waals surface area contributed by atoms with Gasteiger partial charge in [0.25, 0.3) is 0 Å². The number of nitrogens with zero attached hydrogens (tertiary/aromatic N) is 2. The second-order valence-electron chi connectivity index (χ2n) is 8.25. The average Bonchev–Trinajstić information content (AvgIpc) is 3.31. The van der Waals surface area contributed by atoms with Crippen molar-refractivity contribution < 1.29 is 22.8 Å². The first-order chi connectivity index (χ1) is 16.3. The van der Waals surface area contributed by atoms with Crippen molar-refractivity contribution in [3.8, 4) is 10.6 Å². The largest absolute Gasteiger partial charge is 0.416 e. The summed E-state index contributed by atoms with van der Waals surface area (Å²) in [6, 6.07) is 14.6. The second kappa shape index (κ2) is 10.4. The van der Waals surface area contributed by atoms with Gasteiger partial charge in [0, 0.05) is 36.5 Å². The first kappa shape index (κ1) is 23.9. The van der Waals surface area contributed by atoms with E-state index in [1.165, 1.54) is 23.5 Å². The molecule has 2 aromatic carbocycles. The Kier molecular flexibility index (Phi) is 7.31. The number of halogens is 3. The second-order valence-corrected chi connectivity index (χ2v) is 9.11. The molecule has 3 aromatic rings. The smallest absolute Gasteiger partial charge is 0.352 e. The predicted molar refractivity (Wildman–Crippen MR) is 124 cm³/mol. The molecule has 0 saturated carbocycles. The third-order valence-electron chi connectivity index (χ3n) is 5.87. The van der Waals surface area contributed by atoms with E-state index in [2.05, 4.69) is 10.3 Å². The molecule has 34 heavy (non-hydrogen) atoms. The van der Waals surface area contributed by atoms with Crippen molar-refractivity contribution in [1.82, 2.24) is 15.2 Å². The molecule has 1 aliphatic rings. The molecule has 4 rings (SSSR count). The van der Waals surface area contributed by atoms with E-state index in [9.17, 15) is 22.8 Å². The van der Waals surface area contributed by atoms with E-state index in [0.717, 1.165) is 17.7 Å². The Balaban J connectivity index is 1.26. The third-order valence-corrected chi connectivity index (χ3v) is 6.81. The van der Waals surface area contributed by atoms with E-state index in [-0.39, 0.29) is 24.2 Å². The van der Waals surface area contributed by atoms with Crippen LogP contribution in [0, 0.1) is 5.92 Å².